The van der Waals surface area contributed by atoms with Crippen molar-refractivity contribution in [1.82, 2.24) is 15.0 Å². The number of nitrogens with zero attached hydrogens (tertiary/aromatic N) is 1. The molecule has 4 nitrogen and oxygen atoms in total. The Morgan fingerprint density at radius 2 is 1.65 bits per heavy atom. The maximum Gasteiger partial charge on any atom is 0.259 e. The predicted molar refractivity (Wildman–Crippen MR) is 93.9 cm³/mol. The summed E-state index contributed by atoms with van der Waals surface area (Å²) in [5.41, 5.74) is 6.49. The molecule has 0 atom stereocenters. The molecule has 0 spiro atoms. The molecule has 0 fully saturated rings. The first-order valence-corrected chi connectivity index (χ1v) is 7.63. The molecule has 4 heteroatoms. The monoisotopic (exact) mass is 303 g/mol. The molecular formula is C19H17N3O. The van der Waals surface area contributed by atoms with Crippen LogP contribution in [0.3, 0.4) is 0 Å². The lowest BCUT2D eigenvalue weighted by atomic mass is 10.00. The second-order valence-electron chi connectivity index (χ2n) is 6.04. The van der Waals surface area contributed by atoms with Gasteiger partial charge in [-0.05, 0) is 61.7 Å². The van der Waals surface area contributed by atoms with Gasteiger partial charge in [0.15, 0.2) is 0 Å². The number of pyridine rings is 1. The third-order valence-electron chi connectivity index (χ3n) is 4.51. The topological polar surface area (TPSA) is 61.5 Å². The second-order valence-corrected chi connectivity index (χ2v) is 6.04. The van der Waals surface area contributed by atoms with Crippen molar-refractivity contribution in [2.75, 3.05) is 0 Å². The Bertz CT molecular complexity index is 1090. The number of hydrogen-bond acceptors (Lipinski definition) is 2. The van der Waals surface area contributed by atoms with E-state index < -0.39 is 0 Å². The molecule has 4 rings (SSSR count). The molecule has 0 aliphatic rings. The fourth-order valence-corrected chi connectivity index (χ4v) is 3.08. The molecule has 114 valence electrons. The molecule has 0 aliphatic carbocycles. The molecule has 0 saturated carbocycles. The van der Waals surface area contributed by atoms with Crippen LogP contribution in [0.1, 0.15) is 16.7 Å². The second kappa shape index (κ2) is 4.81. The van der Waals surface area contributed by atoms with Gasteiger partial charge >= 0.3 is 0 Å². The van der Waals surface area contributed by atoms with Crippen LogP contribution in [-0.4, -0.2) is 15.0 Å². The Balaban J connectivity index is 2.06. The molecule has 2 heterocycles. The van der Waals surface area contributed by atoms with Crippen molar-refractivity contribution < 1.29 is 0 Å². The molecule has 0 unspecified atom stereocenters. The third-order valence-corrected chi connectivity index (χ3v) is 4.51. The highest BCUT2D eigenvalue weighted by Crippen LogP contribution is 2.27. The van der Waals surface area contributed by atoms with E-state index >= 15 is 0 Å². The fourth-order valence-electron chi connectivity index (χ4n) is 3.08. The summed E-state index contributed by atoms with van der Waals surface area (Å²) in [4.78, 5) is 23.4. The largest absolute Gasteiger partial charge is 0.338 e. The number of para-hydroxylation sites is 2. The number of imidazole rings is 1. The van der Waals surface area contributed by atoms with Gasteiger partial charge in [-0.1, -0.05) is 12.1 Å². The van der Waals surface area contributed by atoms with Gasteiger partial charge in [0.1, 0.15) is 5.82 Å². The summed E-state index contributed by atoms with van der Waals surface area (Å²) < 4.78 is 0. The summed E-state index contributed by atoms with van der Waals surface area (Å²) in [6, 6.07) is 11.9. The number of nitrogens with one attached hydrogen (secondary N) is 2. The number of hydrogen-bond donors (Lipinski definition) is 2. The van der Waals surface area contributed by atoms with Crippen molar-refractivity contribution in [3.05, 3.63) is 63.4 Å². The number of aromatic nitrogens is 3. The van der Waals surface area contributed by atoms with E-state index in [2.05, 4.69) is 34.9 Å². The van der Waals surface area contributed by atoms with Crippen LogP contribution >= 0.6 is 0 Å². The van der Waals surface area contributed by atoms with Gasteiger partial charge in [-0.3, -0.25) is 4.79 Å². The first kappa shape index (κ1) is 13.8. The van der Waals surface area contributed by atoms with Crippen molar-refractivity contribution in [1.29, 1.82) is 0 Å². The van der Waals surface area contributed by atoms with Gasteiger partial charge in [-0.25, -0.2) is 4.98 Å². The van der Waals surface area contributed by atoms with Crippen molar-refractivity contribution in [3.63, 3.8) is 0 Å². The van der Waals surface area contributed by atoms with Gasteiger partial charge in [0.05, 0.1) is 16.6 Å². The Morgan fingerprint density at radius 3 is 2.43 bits per heavy atom. The van der Waals surface area contributed by atoms with Gasteiger partial charge in [-0.2, -0.15) is 0 Å². The minimum atomic E-state index is -0.114. The van der Waals surface area contributed by atoms with Crippen LogP contribution in [0, 0.1) is 20.8 Å². The van der Waals surface area contributed by atoms with Crippen LogP contribution in [0.15, 0.2) is 41.2 Å². The van der Waals surface area contributed by atoms with Crippen LogP contribution in [0.4, 0.5) is 0 Å². The summed E-state index contributed by atoms with van der Waals surface area (Å²) in [5, 5.41) is 1.06. The zero-order valence-electron chi connectivity index (χ0n) is 13.3. The highest BCUT2D eigenvalue weighted by atomic mass is 16.1. The zero-order chi connectivity index (χ0) is 16.1. The Morgan fingerprint density at radius 1 is 0.913 bits per heavy atom. The lowest BCUT2D eigenvalue weighted by Gasteiger charge is -2.09. The lowest BCUT2D eigenvalue weighted by Crippen LogP contribution is -2.12. The van der Waals surface area contributed by atoms with Gasteiger partial charge in [-0.15, -0.1) is 0 Å². The molecule has 2 N–H and O–H groups in total. The molecule has 0 amide bonds. The van der Waals surface area contributed by atoms with Gasteiger partial charge in [0.25, 0.3) is 5.56 Å². The normalized spacial score (nSPS) is 11.4. The van der Waals surface area contributed by atoms with E-state index in [-0.39, 0.29) is 5.56 Å². The molecular weight excluding hydrogens is 286 g/mol. The van der Waals surface area contributed by atoms with Crippen molar-refractivity contribution in [3.8, 4) is 11.4 Å². The number of benzene rings is 2. The van der Waals surface area contributed by atoms with E-state index in [1.54, 1.807) is 0 Å². The number of H-pyrrole nitrogens is 2. The number of aromatic amines is 2. The summed E-state index contributed by atoms with van der Waals surface area (Å²) in [7, 11) is 0. The zero-order valence-corrected chi connectivity index (χ0v) is 13.3. The van der Waals surface area contributed by atoms with E-state index in [0.29, 0.717) is 11.4 Å². The summed E-state index contributed by atoms with van der Waals surface area (Å²) in [6.07, 6.45) is 0. The Labute approximate surface area is 133 Å². The van der Waals surface area contributed by atoms with Gasteiger partial charge in [0, 0.05) is 10.9 Å². The quantitative estimate of drug-likeness (QED) is 0.558. The number of rotatable bonds is 1. The van der Waals surface area contributed by atoms with Crippen molar-refractivity contribution in [2.45, 2.75) is 20.8 Å². The summed E-state index contributed by atoms with van der Waals surface area (Å²) in [5.74, 6) is 0.616. The van der Waals surface area contributed by atoms with E-state index in [1.165, 1.54) is 11.1 Å². The van der Waals surface area contributed by atoms with E-state index in [4.69, 9.17) is 0 Å². The lowest BCUT2D eigenvalue weighted by molar-refractivity contribution is 1.22. The summed E-state index contributed by atoms with van der Waals surface area (Å²) in [6.45, 7) is 6.12. The fraction of sp³-hybridized carbons (Fsp3) is 0.158. The van der Waals surface area contributed by atoms with Crippen molar-refractivity contribution in [2.24, 2.45) is 0 Å². The van der Waals surface area contributed by atoms with E-state index in [9.17, 15) is 4.79 Å². The predicted octanol–water partition coefficient (Wildman–Crippen LogP) is 4.00. The van der Waals surface area contributed by atoms with Crippen LogP contribution in [0.5, 0.6) is 0 Å². The van der Waals surface area contributed by atoms with Crippen molar-refractivity contribution >= 4 is 21.9 Å². The SMILES string of the molecule is Cc1cc2[nH]c(=O)c(-c3nc4ccccc4[nH]3)c(C)c2cc1C. The van der Waals surface area contributed by atoms with Gasteiger partial charge in [0.2, 0.25) is 0 Å². The smallest absolute Gasteiger partial charge is 0.259 e. The highest BCUT2D eigenvalue weighted by Gasteiger charge is 2.15. The number of fused-ring (bicyclic) bond motifs is 2. The first-order chi connectivity index (χ1) is 11.0. The molecule has 0 saturated heterocycles. The minimum Gasteiger partial charge on any atom is -0.338 e. The minimum absolute atomic E-state index is 0.114. The maximum atomic E-state index is 12.6. The van der Waals surface area contributed by atoms with Crippen LogP contribution in [0.25, 0.3) is 33.3 Å². The van der Waals surface area contributed by atoms with Crippen LogP contribution in [0.2, 0.25) is 0 Å². The standard InChI is InChI=1S/C19H17N3O/c1-10-8-13-12(3)17(19(23)22-16(13)9-11(10)2)18-20-14-6-4-5-7-15(14)21-18/h4-9H,1-3H3,(H,20,21)(H,22,23). The molecule has 23 heavy (non-hydrogen) atoms. The third kappa shape index (κ3) is 2.06. The Hall–Kier alpha value is -2.88. The average molecular weight is 303 g/mol. The molecule has 2 aromatic heterocycles. The molecule has 2 aromatic carbocycles. The highest BCUT2D eigenvalue weighted by molar-refractivity contribution is 5.89. The maximum absolute atomic E-state index is 12.6. The van der Waals surface area contributed by atoms with Crippen LogP contribution in [-0.2, 0) is 0 Å². The first-order valence-electron chi connectivity index (χ1n) is 7.63. The summed E-state index contributed by atoms with van der Waals surface area (Å²) >= 11 is 0. The van der Waals surface area contributed by atoms with E-state index in [1.807, 2.05) is 37.3 Å². The molecule has 0 radical (unpaired) electrons. The number of aryl methyl sites for hydroxylation is 3. The average Bonchev–Trinajstić information content (AvgIpc) is 2.93. The van der Waals surface area contributed by atoms with Gasteiger partial charge < -0.3 is 9.97 Å². The molecule has 4 aromatic rings. The Kier molecular flexibility index (Phi) is 2.88. The van der Waals surface area contributed by atoms with Crippen LogP contribution < -0.4 is 5.56 Å². The van der Waals surface area contributed by atoms with E-state index in [0.717, 1.165) is 27.5 Å². The molecule has 0 bridgehead atoms. The molecule has 0 aliphatic heterocycles.